The highest BCUT2D eigenvalue weighted by molar-refractivity contribution is 6.07. The number of aryl methyl sites for hydroxylation is 2. The molecule has 0 saturated carbocycles. The fourth-order valence-corrected chi connectivity index (χ4v) is 3.58. The van der Waals surface area contributed by atoms with Crippen LogP contribution in [0.3, 0.4) is 0 Å². The molecule has 2 heterocycles. The number of H-pyrrole nitrogens is 1. The number of Topliss-reactive ketones (excluding diaryl/α,β-unsaturated/α-hetero) is 1. The molecule has 3 aromatic rings. The Morgan fingerprint density at radius 1 is 1.14 bits per heavy atom. The average Bonchev–Trinajstić information content (AvgIpc) is 3.18. The van der Waals surface area contributed by atoms with Crippen molar-refractivity contribution >= 4 is 17.4 Å². The first-order valence-corrected chi connectivity index (χ1v) is 9.14. The van der Waals surface area contributed by atoms with E-state index in [1.807, 2.05) is 38.1 Å². The smallest absolute Gasteiger partial charge is 0.261 e. The Morgan fingerprint density at radius 2 is 1.96 bits per heavy atom. The zero-order valence-corrected chi connectivity index (χ0v) is 15.7. The summed E-state index contributed by atoms with van der Waals surface area (Å²) in [6.45, 7) is 3.80. The van der Waals surface area contributed by atoms with Crippen molar-refractivity contribution < 1.29 is 14.0 Å². The quantitative estimate of drug-likeness (QED) is 0.728. The molecule has 4 rings (SSSR count). The lowest BCUT2D eigenvalue weighted by atomic mass is 9.84. The first-order chi connectivity index (χ1) is 13.4. The van der Waals surface area contributed by atoms with E-state index >= 15 is 0 Å². The van der Waals surface area contributed by atoms with Crippen LogP contribution in [0, 0.1) is 13.8 Å². The zero-order valence-electron chi connectivity index (χ0n) is 15.7. The molecule has 0 radical (unpaired) electrons. The van der Waals surface area contributed by atoms with Crippen LogP contribution in [0.2, 0.25) is 0 Å². The first-order valence-electron chi connectivity index (χ1n) is 9.14. The van der Waals surface area contributed by atoms with Gasteiger partial charge >= 0.3 is 0 Å². The number of furan rings is 1. The van der Waals surface area contributed by atoms with Crippen molar-refractivity contribution in [3.8, 4) is 0 Å². The number of fused-ring (bicyclic) bond motifs is 1. The van der Waals surface area contributed by atoms with Crippen molar-refractivity contribution in [3.05, 3.63) is 86.7 Å². The molecule has 6 heteroatoms. The summed E-state index contributed by atoms with van der Waals surface area (Å²) in [5.74, 6) is -0.0322. The molecule has 0 bridgehead atoms. The first kappa shape index (κ1) is 18.0. The third-order valence-electron chi connectivity index (χ3n) is 5.14. The minimum Gasteiger partial charge on any atom is -0.469 e. The summed E-state index contributed by atoms with van der Waals surface area (Å²) in [7, 11) is 0. The summed E-state index contributed by atoms with van der Waals surface area (Å²) in [5.41, 5.74) is 2.91. The molecule has 6 nitrogen and oxygen atoms in total. The highest BCUT2D eigenvalue weighted by Gasteiger charge is 2.30. The number of amides is 1. The molecule has 1 unspecified atom stereocenters. The predicted molar refractivity (Wildman–Crippen MR) is 105 cm³/mol. The van der Waals surface area contributed by atoms with Gasteiger partial charge in [0.05, 0.1) is 6.26 Å². The van der Waals surface area contributed by atoms with Crippen molar-refractivity contribution in [2.45, 2.75) is 32.6 Å². The fraction of sp³-hybridized carbons (Fsp3) is 0.227. The van der Waals surface area contributed by atoms with Crippen LogP contribution < -0.4 is 10.9 Å². The molecule has 0 saturated heterocycles. The molecule has 1 amide bonds. The second-order valence-corrected chi connectivity index (χ2v) is 7.22. The largest absolute Gasteiger partial charge is 0.469 e. The Kier molecular flexibility index (Phi) is 4.47. The van der Waals surface area contributed by atoms with Crippen LogP contribution in [0.15, 0.2) is 51.9 Å². The van der Waals surface area contributed by atoms with Gasteiger partial charge in [-0.05, 0) is 55.7 Å². The van der Waals surface area contributed by atoms with Gasteiger partial charge in [-0.1, -0.05) is 12.1 Å². The van der Waals surface area contributed by atoms with Gasteiger partial charge in [-0.2, -0.15) is 0 Å². The lowest BCUT2D eigenvalue weighted by Gasteiger charge is -2.22. The monoisotopic (exact) mass is 376 g/mol. The number of hydrogen-bond donors (Lipinski definition) is 2. The highest BCUT2D eigenvalue weighted by Crippen LogP contribution is 2.31. The summed E-state index contributed by atoms with van der Waals surface area (Å²) >= 11 is 0. The number of pyridine rings is 1. The number of nitrogens with one attached hydrogen (secondary N) is 2. The van der Waals surface area contributed by atoms with Gasteiger partial charge in [0, 0.05) is 29.3 Å². The molecule has 0 fully saturated rings. The topological polar surface area (TPSA) is 92.2 Å². The van der Waals surface area contributed by atoms with Crippen LogP contribution in [0.25, 0.3) is 0 Å². The fourth-order valence-electron chi connectivity index (χ4n) is 3.58. The summed E-state index contributed by atoms with van der Waals surface area (Å²) in [6.07, 6.45) is 2.34. The van der Waals surface area contributed by atoms with Crippen molar-refractivity contribution in [2.75, 3.05) is 5.32 Å². The number of benzene rings is 1. The zero-order chi connectivity index (χ0) is 19.8. The Balaban J connectivity index is 1.65. The van der Waals surface area contributed by atoms with E-state index in [1.165, 1.54) is 6.07 Å². The van der Waals surface area contributed by atoms with Gasteiger partial charge in [0.25, 0.3) is 11.5 Å². The van der Waals surface area contributed by atoms with E-state index in [0.29, 0.717) is 23.4 Å². The normalized spacial score (nSPS) is 15.9. The van der Waals surface area contributed by atoms with Crippen molar-refractivity contribution in [3.63, 3.8) is 0 Å². The third-order valence-corrected chi connectivity index (χ3v) is 5.14. The lowest BCUT2D eigenvalue weighted by molar-refractivity contribution is 0.0959. The molecular formula is C22H20N2O4. The summed E-state index contributed by atoms with van der Waals surface area (Å²) in [5, 5.41) is 2.78. The SMILES string of the molecule is Cc1ccc(C)c(NC(=O)c2cc3c([nH]c2=O)CC(c2ccco2)CC3=O)c1. The van der Waals surface area contributed by atoms with Gasteiger partial charge in [-0.3, -0.25) is 14.4 Å². The lowest BCUT2D eigenvalue weighted by Crippen LogP contribution is -2.29. The van der Waals surface area contributed by atoms with Crippen LogP contribution in [0.1, 0.15) is 55.6 Å². The number of rotatable bonds is 3. The predicted octanol–water partition coefficient (Wildman–Crippen LogP) is 3.75. The summed E-state index contributed by atoms with van der Waals surface area (Å²) < 4.78 is 5.41. The van der Waals surface area contributed by atoms with Crippen LogP contribution in [0.4, 0.5) is 5.69 Å². The maximum atomic E-state index is 12.7. The third kappa shape index (κ3) is 3.29. The van der Waals surface area contributed by atoms with Crippen LogP contribution in [-0.2, 0) is 6.42 Å². The Bertz CT molecular complexity index is 1130. The van der Waals surface area contributed by atoms with Crippen molar-refractivity contribution in [1.29, 1.82) is 0 Å². The van der Waals surface area contributed by atoms with E-state index in [-0.39, 0.29) is 23.7 Å². The standard InChI is InChI=1S/C22H20N2O4/c1-12-5-6-13(2)17(8-12)23-21(26)16-11-15-18(24-22(16)27)9-14(10-19(15)25)20-4-3-7-28-20/h3-8,11,14H,9-10H2,1-2H3,(H,23,26)(H,24,27). The molecular weight excluding hydrogens is 356 g/mol. The van der Waals surface area contributed by atoms with E-state index in [0.717, 1.165) is 16.9 Å². The summed E-state index contributed by atoms with van der Waals surface area (Å²) in [4.78, 5) is 40.6. The second kappa shape index (κ2) is 6.96. The molecule has 0 spiro atoms. The molecule has 2 aromatic heterocycles. The molecule has 1 aliphatic rings. The molecule has 28 heavy (non-hydrogen) atoms. The minimum atomic E-state index is -0.529. The Hall–Kier alpha value is -3.41. The van der Waals surface area contributed by atoms with E-state index in [1.54, 1.807) is 12.3 Å². The second-order valence-electron chi connectivity index (χ2n) is 7.22. The van der Waals surface area contributed by atoms with Gasteiger partial charge < -0.3 is 14.7 Å². The number of aromatic amines is 1. The molecule has 1 aromatic carbocycles. The van der Waals surface area contributed by atoms with Crippen LogP contribution in [-0.4, -0.2) is 16.7 Å². The molecule has 1 aliphatic carbocycles. The van der Waals surface area contributed by atoms with E-state index in [9.17, 15) is 14.4 Å². The minimum absolute atomic E-state index is 0.0653. The van der Waals surface area contributed by atoms with E-state index < -0.39 is 11.5 Å². The molecule has 142 valence electrons. The number of carbonyl (C=O) groups excluding carboxylic acids is 2. The highest BCUT2D eigenvalue weighted by atomic mass is 16.3. The van der Waals surface area contributed by atoms with Crippen LogP contribution in [0.5, 0.6) is 0 Å². The van der Waals surface area contributed by atoms with Gasteiger partial charge in [-0.15, -0.1) is 0 Å². The van der Waals surface area contributed by atoms with E-state index in [4.69, 9.17) is 4.42 Å². The number of hydrogen-bond acceptors (Lipinski definition) is 4. The Morgan fingerprint density at radius 3 is 2.71 bits per heavy atom. The molecule has 0 aliphatic heterocycles. The van der Waals surface area contributed by atoms with Gasteiger partial charge in [0.15, 0.2) is 5.78 Å². The maximum Gasteiger partial charge on any atom is 0.261 e. The van der Waals surface area contributed by atoms with Gasteiger partial charge in [-0.25, -0.2) is 0 Å². The van der Waals surface area contributed by atoms with Crippen molar-refractivity contribution in [1.82, 2.24) is 4.98 Å². The Labute approximate surface area is 161 Å². The summed E-state index contributed by atoms with van der Waals surface area (Å²) in [6, 6.07) is 10.7. The molecule has 2 N–H and O–H groups in total. The molecule has 1 atom stereocenters. The maximum absolute atomic E-state index is 12.7. The van der Waals surface area contributed by atoms with E-state index in [2.05, 4.69) is 10.3 Å². The van der Waals surface area contributed by atoms with Crippen molar-refractivity contribution in [2.24, 2.45) is 0 Å². The number of anilines is 1. The van der Waals surface area contributed by atoms with Crippen LogP contribution >= 0.6 is 0 Å². The number of aromatic nitrogens is 1. The van der Waals surface area contributed by atoms with Gasteiger partial charge in [0.1, 0.15) is 11.3 Å². The van der Waals surface area contributed by atoms with Gasteiger partial charge in [0.2, 0.25) is 0 Å². The number of ketones is 1. The average molecular weight is 376 g/mol. The number of carbonyl (C=O) groups is 2.